The molecule has 0 aromatic heterocycles. The fourth-order valence-electron chi connectivity index (χ4n) is 0.807. The van der Waals surface area contributed by atoms with E-state index in [-0.39, 0.29) is 0 Å². The van der Waals surface area contributed by atoms with Gasteiger partial charge in [-0.05, 0) is 24.1 Å². The lowest BCUT2D eigenvalue weighted by atomic mass is 10.2. The maximum absolute atomic E-state index is 10.4. The van der Waals surface area contributed by atoms with Gasteiger partial charge in [-0.15, -0.1) is 0 Å². The van der Waals surface area contributed by atoms with Crippen molar-refractivity contribution in [2.75, 3.05) is 6.54 Å². The molecule has 0 aliphatic heterocycles. The van der Waals surface area contributed by atoms with Gasteiger partial charge in [-0.2, -0.15) is 0 Å². The molecule has 1 aromatic rings. The number of aldehydes is 1. The Hall–Kier alpha value is -0.800. The fraction of sp³-hybridized carbons (Fsp3) is 0.222. The second-order valence-electron chi connectivity index (χ2n) is 2.29. The average Bonchev–Trinajstić information content (AvgIpc) is 2.15. The molecule has 0 fully saturated rings. The molecule has 64 valence electrons. The van der Waals surface area contributed by atoms with Gasteiger partial charge in [0, 0.05) is 17.0 Å². The van der Waals surface area contributed by atoms with Gasteiger partial charge in [0.1, 0.15) is 6.29 Å². The molecule has 1 N–H and O–H groups in total. The summed E-state index contributed by atoms with van der Waals surface area (Å²) in [6, 6.07) is 7.51. The minimum atomic E-state index is 0.720. The van der Waals surface area contributed by atoms with Crippen LogP contribution in [-0.4, -0.2) is 12.8 Å². The predicted molar refractivity (Wildman–Crippen MR) is 51.4 cm³/mol. The van der Waals surface area contributed by atoms with Crippen LogP contribution in [0.1, 0.15) is 17.3 Å². The zero-order valence-corrected chi connectivity index (χ0v) is 7.73. The number of hydrogen-bond acceptors (Lipinski definition) is 3. The van der Waals surface area contributed by atoms with Crippen molar-refractivity contribution in [1.82, 2.24) is 4.72 Å². The van der Waals surface area contributed by atoms with Crippen molar-refractivity contribution in [2.24, 2.45) is 0 Å². The first-order valence-corrected chi connectivity index (χ1v) is 4.63. The Labute approximate surface area is 76.5 Å². The Bertz CT molecular complexity index is 262. The maximum atomic E-state index is 10.4. The number of benzene rings is 1. The van der Waals surface area contributed by atoms with E-state index in [1.165, 1.54) is 0 Å². The smallest absolute Gasteiger partial charge is 0.150 e. The lowest BCUT2D eigenvalue weighted by Gasteiger charge is -2.00. The molecule has 1 aromatic carbocycles. The molecule has 0 saturated heterocycles. The molecule has 0 amide bonds. The number of hydrogen-bond donors (Lipinski definition) is 1. The third-order valence-electron chi connectivity index (χ3n) is 1.33. The molecule has 2 nitrogen and oxygen atoms in total. The second kappa shape index (κ2) is 4.95. The normalized spacial score (nSPS) is 9.75. The summed E-state index contributed by atoms with van der Waals surface area (Å²) in [4.78, 5) is 11.5. The van der Waals surface area contributed by atoms with Gasteiger partial charge >= 0.3 is 0 Å². The monoisotopic (exact) mass is 181 g/mol. The number of rotatable bonds is 4. The summed E-state index contributed by atoms with van der Waals surface area (Å²) >= 11 is 1.54. The number of carbonyl (C=O) groups excluding carboxylic acids is 1. The van der Waals surface area contributed by atoms with Crippen molar-refractivity contribution in [1.29, 1.82) is 0 Å². The van der Waals surface area contributed by atoms with Gasteiger partial charge in [-0.3, -0.25) is 9.52 Å². The largest absolute Gasteiger partial charge is 0.298 e. The molecule has 0 aliphatic carbocycles. The van der Waals surface area contributed by atoms with Crippen LogP contribution in [0, 0.1) is 0 Å². The first-order valence-electron chi connectivity index (χ1n) is 3.81. The summed E-state index contributed by atoms with van der Waals surface area (Å²) in [5.41, 5.74) is 0.720. The highest BCUT2D eigenvalue weighted by Gasteiger charge is 1.93. The molecule has 3 heteroatoms. The third-order valence-corrected chi connectivity index (χ3v) is 2.25. The van der Waals surface area contributed by atoms with E-state index in [1.54, 1.807) is 18.0 Å². The van der Waals surface area contributed by atoms with Crippen LogP contribution in [0.4, 0.5) is 0 Å². The van der Waals surface area contributed by atoms with Gasteiger partial charge in [0.05, 0.1) is 0 Å². The zero-order chi connectivity index (χ0) is 8.81. The van der Waals surface area contributed by atoms with E-state index >= 15 is 0 Å². The molecule has 0 saturated carbocycles. The standard InChI is InChI=1S/C9H11NOS/c1-2-10-12-9-5-3-4-8(6-9)7-11/h3-7,10H,2H2,1H3. The fourth-order valence-corrected chi connectivity index (χ4v) is 1.46. The van der Waals surface area contributed by atoms with Crippen LogP contribution in [-0.2, 0) is 0 Å². The van der Waals surface area contributed by atoms with Crippen LogP contribution >= 0.6 is 11.9 Å². The van der Waals surface area contributed by atoms with E-state index in [4.69, 9.17) is 0 Å². The zero-order valence-electron chi connectivity index (χ0n) is 6.91. The van der Waals surface area contributed by atoms with Crippen molar-refractivity contribution in [3.05, 3.63) is 29.8 Å². The lowest BCUT2D eigenvalue weighted by molar-refractivity contribution is 0.112. The van der Waals surface area contributed by atoms with Gasteiger partial charge in [-0.1, -0.05) is 19.1 Å². The van der Waals surface area contributed by atoms with Crippen LogP contribution in [0.2, 0.25) is 0 Å². The minimum absolute atomic E-state index is 0.720. The summed E-state index contributed by atoms with van der Waals surface area (Å²) in [6.07, 6.45) is 0.857. The summed E-state index contributed by atoms with van der Waals surface area (Å²) in [7, 11) is 0. The topological polar surface area (TPSA) is 29.1 Å². The quantitative estimate of drug-likeness (QED) is 0.570. The maximum Gasteiger partial charge on any atom is 0.150 e. The van der Waals surface area contributed by atoms with Gasteiger partial charge in [-0.25, -0.2) is 0 Å². The molecular weight excluding hydrogens is 170 g/mol. The van der Waals surface area contributed by atoms with Crippen molar-refractivity contribution >= 4 is 18.2 Å². The van der Waals surface area contributed by atoms with Crippen molar-refractivity contribution in [3.63, 3.8) is 0 Å². The van der Waals surface area contributed by atoms with Gasteiger partial charge in [0.25, 0.3) is 0 Å². The van der Waals surface area contributed by atoms with E-state index in [1.807, 2.05) is 25.1 Å². The van der Waals surface area contributed by atoms with Crippen LogP contribution in [0.25, 0.3) is 0 Å². The summed E-state index contributed by atoms with van der Waals surface area (Å²) in [5.74, 6) is 0. The summed E-state index contributed by atoms with van der Waals surface area (Å²) < 4.78 is 3.12. The predicted octanol–water partition coefficient (Wildman–Crippen LogP) is 2.12. The number of nitrogens with one attached hydrogen (secondary N) is 1. The molecule has 12 heavy (non-hydrogen) atoms. The molecule has 0 radical (unpaired) electrons. The molecule has 0 spiro atoms. The van der Waals surface area contributed by atoms with Gasteiger partial charge in [0.15, 0.2) is 0 Å². The van der Waals surface area contributed by atoms with E-state index in [0.29, 0.717) is 0 Å². The SMILES string of the molecule is CCNSc1cccc(C=O)c1. The summed E-state index contributed by atoms with van der Waals surface area (Å²) in [5, 5.41) is 0. The molecule has 0 unspecified atom stereocenters. The summed E-state index contributed by atoms with van der Waals surface area (Å²) in [6.45, 7) is 2.95. The van der Waals surface area contributed by atoms with E-state index < -0.39 is 0 Å². The van der Waals surface area contributed by atoms with Crippen LogP contribution in [0.15, 0.2) is 29.2 Å². The lowest BCUT2D eigenvalue weighted by Crippen LogP contribution is -1.99. The van der Waals surface area contributed by atoms with Gasteiger partial charge < -0.3 is 0 Å². The van der Waals surface area contributed by atoms with E-state index in [9.17, 15) is 4.79 Å². The van der Waals surface area contributed by atoms with E-state index in [0.717, 1.165) is 23.3 Å². The van der Waals surface area contributed by atoms with Gasteiger partial charge in [0.2, 0.25) is 0 Å². The van der Waals surface area contributed by atoms with Crippen LogP contribution in [0.5, 0.6) is 0 Å². The minimum Gasteiger partial charge on any atom is -0.298 e. The van der Waals surface area contributed by atoms with Crippen molar-refractivity contribution in [2.45, 2.75) is 11.8 Å². The van der Waals surface area contributed by atoms with E-state index in [2.05, 4.69) is 4.72 Å². The average molecular weight is 181 g/mol. The molecule has 0 heterocycles. The Kier molecular flexibility index (Phi) is 3.84. The second-order valence-corrected chi connectivity index (χ2v) is 3.25. The van der Waals surface area contributed by atoms with Crippen LogP contribution in [0.3, 0.4) is 0 Å². The Morgan fingerprint density at radius 2 is 2.42 bits per heavy atom. The molecule has 0 bridgehead atoms. The molecule has 0 atom stereocenters. The molecular formula is C9H11NOS. The molecule has 0 aliphatic rings. The Balaban J connectivity index is 2.66. The first kappa shape index (κ1) is 9.29. The highest BCUT2D eigenvalue weighted by atomic mass is 32.2. The number of carbonyl (C=O) groups is 1. The van der Waals surface area contributed by atoms with Crippen molar-refractivity contribution < 1.29 is 4.79 Å². The van der Waals surface area contributed by atoms with Crippen molar-refractivity contribution in [3.8, 4) is 0 Å². The molecule has 1 rings (SSSR count). The highest BCUT2D eigenvalue weighted by Crippen LogP contribution is 2.14. The Morgan fingerprint density at radius 3 is 3.08 bits per heavy atom. The Morgan fingerprint density at radius 1 is 1.58 bits per heavy atom. The highest BCUT2D eigenvalue weighted by molar-refractivity contribution is 7.97. The third kappa shape index (κ3) is 2.68. The first-order chi connectivity index (χ1) is 5.86. The van der Waals surface area contributed by atoms with Crippen LogP contribution < -0.4 is 4.72 Å².